The number of aromatic amines is 3. The van der Waals surface area contributed by atoms with Gasteiger partial charge in [0.15, 0.2) is 0 Å². The molecule has 18 heteroatoms. The zero-order chi connectivity index (χ0) is 65.4. The van der Waals surface area contributed by atoms with Crippen LogP contribution in [-0.4, -0.2) is 105 Å². The number of ether oxygens (including phenoxy) is 1. The molecule has 12 heterocycles. The molecule has 11 aromatic heterocycles. The topological polar surface area (TPSA) is 210 Å². The number of hydrogen-bond acceptors (Lipinski definition) is 13. The van der Waals surface area contributed by atoms with E-state index in [1.54, 1.807) is 31.4 Å². The molecule has 0 amide bonds. The minimum Gasteiger partial charge on any atom is -0.378 e. The van der Waals surface area contributed by atoms with Crippen LogP contribution in [0.5, 0.6) is 0 Å². The van der Waals surface area contributed by atoms with Crippen LogP contribution in [0.4, 0.5) is 5.95 Å². The Morgan fingerprint density at radius 3 is 1.69 bits per heavy atom. The van der Waals surface area contributed by atoms with Crippen LogP contribution in [0.15, 0.2) is 171 Å². The van der Waals surface area contributed by atoms with Crippen molar-refractivity contribution < 1.29 is 4.74 Å². The molecule has 3 N–H and O–H groups in total. The van der Waals surface area contributed by atoms with Gasteiger partial charge in [-0.2, -0.15) is 0 Å². The van der Waals surface area contributed by atoms with Crippen LogP contribution in [-0.2, 0) is 17.6 Å². The molecule has 0 atom stereocenters. The van der Waals surface area contributed by atoms with Gasteiger partial charge in [0.2, 0.25) is 5.95 Å². The minimum atomic E-state index is 0.758. The minimum absolute atomic E-state index is 0.758. The zero-order valence-corrected chi connectivity index (χ0v) is 55.5. The molecular formula is C75H83N17O. The number of anilines is 1. The molecule has 17 rings (SSSR count). The first-order valence-corrected chi connectivity index (χ1v) is 31.6. The molecule has 474 valence electrons. The molecule has 0 unspecified atom stereocenters. The monoisotopic (exact) mass is 1240 g/mol. The van der Waals surface area contributed by atoms with Crippen molar-refractivity contribution in [3.8, 4) is 0 Å². The van der Waals surface area contributed by atoms with Gasteiger partial charge in [-0.1, -0.05) is 47.5 Å². The van der Waals surface area contributed by atoms with E-state index in [9.17, 15) is 0 Å². The van der Waals surface area contributed by atoms with E-state index in [0.29, 0.717) is 0 Å². The van der Waals surface area contributed by atoms with Crippen LogP contribution in [0, 0.1) is 83.1 Å². The first-order chi connectivity index (χ1) is 45.1. The van der Waals surface area contributed by atoms with Crippen molar-refractivity contribution in [3.63, 3.8) is 0 Å². The summed E-state index contributed by atoms with van der Waals surface area (Å²) >= 11 is 0. The van der Waals surface area contributed by atoms with E-state index in [1.807, 2.05) is 94.1 Å². The lowest BCUT2D eigenvalue weighted by Crippen LogP contribution is -2.37. The number of imidazole rings is 1. The summed E-state index contributed by atoms with van der Waals surface area (Å²) in [4.78, 5) is 58.3. The highest BCUT2D eigenvalue weighted by Crippen LogP contribution is 2.24. The highest BCUT2D eigenvalue weighted by molar-refractivity contribution is 5.85. The van der Waals surface area contributed by atoms with Crippen LogP contribution < -0.4 is 4.90 Å². The predicted octanol–water partition coefficient (Wildman–Crippen LogP) is 15.5. The average Bonchev–Trinajstić information content (AvgIpc) is 1.96. The molecule has 1 saturated heterocycles. The normalized spacial score (nSPS) is 12.3. The number of aryl methyl sites for hydroxylation is 13. The van der Waals surface area contributed by atoms with Crippen molar-refractivity contribution >= 4 is 71.8 Å². The third-order valence-corrected chi connectivity index (χ3v) is 16.4. The van der Waals surface area contributed by atoms with E-state index in [0.717, 1.165) is 106 Å². The molecule has 4 aromatic carbocycles. The summed E-state index contributed by atoms with van der Waals surface area (Å²) in [5.74, 6) is 2.82. The van der Waals surface area contributed by atoms with Crippen molar-refractivity contribution in [1.82, 2.24) is 78.6 Å². The lowest BCUT2D eigenvalue weighted by molar-refractivity contribution is 0.122. The Bertz CT molecular complexity index is 4680. The second-order valence-corrected chi connectivity index (χ2v) is 23.4. The summed E-state index contributed by atoms with van der Waals surface area (Å²) in [5, 5.41) is 6.07. The summed E-state index contributed by atoms with van der Waals surface area (Å²) in [6.07, 6.45) is 20.9. The van der Waals surface area contributed by atoms with Gasteiger partial charge >= 0.3 is 0 Å². The van der Waals surface area contributed by atoms with Crippen molar-refractivity contribution in [3.05, 3.63) is 251 Å². The predicted molar refractivity (Wildman–Crippen MR) is 376 cm³/mol. The van der Waals surface area contributed by atoms with Gasteiger partial charge in [0, 0.05) is 122 Å². The standard InChI is InChI=1S/C14H17N3O.C10H10N2.2C10H11N.C9H12N2.C8H8N2.2C7H7N3/c1-10-3-4-13-12(9-10)11(2)15-14(16-13)17-5-7-18-8-6-17;1-7-3-4-10-9(5-7)8(2)11-6-12-10;2*1-7-4-3-5-10-9(7)6-8(2)11-10;1-7-8-4-2-3-5-9(8)11-6-10-7;1-7-9-5-4-8-3-2-6-10(7)8;1-6-8-3-2-7-9-4-5-10(6)7;1-5-6-2-3-8-7(6)10-4-9-5/h3-4,9H,5-8H2,1-2H3;3-6H,1-2H3;2*3-6,11H,1-2H3;6H,2-5H2,1H3;2-6H,1H3;2-5H,1H3;2-4H,1H3,(H,8,9,10). The molecular weight excluding hydrogens is 1150 g/mol. The van der Waals surface area contributed by atoms with Gasteiger partial charge in [-0.05, 0) is 204 Å². The maximum atomic E-state index is 5.36. The van der Waals surface area contributed by atoms with Gasteiger partial charge in [0.1, 0.15) is 41.9 Å². The molecule has 1 fully saturated rings. The Morgan fingerprint density at radius 2 is 1.04 bits per heavy atom. The van der Waals surface area contributed by atoms with Gasteiger partial charge in [-0.15, -0.1) is 0 Å². The number of aromatic nitrogens is 16. The zero-order valence-electron chi connectivity index (χ0n) is 55.5. The summed E-state index contributed by atoms with van der Waals surface area (Å²) < 4.78 is 9.36. The van der Waals surface area contributed by atoms with Crippen LogP contribution in [0.2, 0.25) is 0 Å². The van der Waals surface area contributed by atoms with Crippen LogP contribution in [0.3, 0.4) is 0 Å². The largest absolute Gasteiger partial charge is 0.378 e. The molecule has 1 aliphatic carbocycles. The summed E-state index contributed by atoms with van der Waals surface area (Å²) in [6, 6.07) is 39.5. The van der Waals surface area contributed by atoms with Gasteiger partial charge in [-0.3, -0.25) is 4.40 Å². The first kappa shape index (κ1) is 65.4. The van der Waals surface area contributed by atoms with E-state index < -0.39 is 0 Å². The SMILES string of the molecule is Cc1cc2c(C)cccc2[nH]1.Cc1cc2c(C)cccc2[nH]1.Cc1ccc2nc(N3CCOCC3)nc(C)c2c1.Cc1ccc2ncnc(C)c2c1.Cc1nccc2cccn12.Cc1nccc2nccn12.Cc1ncnc2[nH]ccc12.Cc1ncnc2c1CCCC2. The molecule has 0 bridgehead atoms. The highest BCUT2D eigenvalue weighted by atomic mass is 16.5. The van der Waals surface area contributed by atoms with Gasteiger partial charge < -0.3 is 29.0 Å². The Hall–Kier alpha value is -10.6. The average molecular weight is 1240 g/mol. The Morgan fingerprint density at radius 1 is 0.441 bits per heavy atom. The fourth-order valence-corrected chi connectivity index (χ4v) is 11.3. The number of rotatable bonds is 1. The van der Waals surface area contributed by atoms with E-state index in [1.165, 1.54) is 97.2 Å². The number of benzene rings is 4. The number of morpholine rings is 1. The highest BCUT2D eigenvalue weighted by Gasteiger charge is 2.16. The van der Waals surface area contributed by atoms with Gasteiger partial charge in [0.05, 0.1) is 35.6 Å². The fourth-order valence-electron chi connectivity index (χ4n) is 11.3. The van der Waals surface area contributed by atoms with E-state index in [2.05, 4.69) is 212 Å². The maximum Gasteiger partial charge on any atom is 0.226 e. The molecule has 2 aliphatic rings. The fraction of sp³-hybridized carbons (Fsp3) is 0.267. The van der Waals surface area contributed by atoms with Crippen molar-refractivity contribution in [2.45, 2.75) is 109 Å². The number of nitrogens with zero attached hydrogens (tertiary/aromatic N) is 14. The second-order valence-electron chi connectivity index (χ2n) is 23.4. The third-order valence-electron chi connectivity index (χ3n) is 16.4. The van der Waals surface area contributed by atoms with Crippen LogP contribution in [0.1, 0.15) is 92.2 Å². The lowest BCUT2D eigenvalue weighted by atomic mass is 9.95. The smallest absolute Gasteiger partial charge is 0.226 e. The molecule has 15 aromatic rings. The van der Waals surface area contributed by atoms with Gasteiger partial charge in [0.25, 0.3) is 0 Å². The number of H-pyrrole nitrogens is 3. The first-order valence-electron chi connectivity index (χ1n) is 31.6. The van der Waals surface area contributed by atoms with E-state index in [4.69, 9.17) is 4.74 Å². The van der Waals surface area contributed by atoms with Crippen LogP contribution >= 0.6 is 0 Å². The number of hydrogen-bond donors (Lipinski definition) is 3. The van der Waals surface area contributed by atoms with Crippen molar-refractivity contribution in [2.24, 2.45) is 0 Å². The van der Waals surface area contributed by atoms with Crippen molar-refractivity contribution in [1.29, 1.82) is 0 Å². The number of nitrogens with one attached hydrogen (secondary N) is 3. The molecule has 0 spiro atoms. The summed E-state index contributed by atoms with van der Waals surface area (Å²) in [6.45, 7) is 27.9. The summed E-state index contributed by atoms with van der Waals surface area (Å²) in [5.41, 5.74) is 22.2. The molecule has 0 saturated carbocycles. The Balaban J connectivity index is 0.000000117. The molecule has 0 radical (unpaired) electrons. The number of fused-ring (bicyclic) bond motifs is 8. The lowest BCUT2D eigenvalue weighted by Gasteiger charge is -2.27. The Labute approximate surface area is 543 Å². The summed E-state index contributed by atoms with van der Waals surface area (Å²) in [7, 11) is 0. The molecule has 18 nitrogen and oxygen atoms in total. The molecule has 1 aliphatic heterocycles. The van der Waals surface area contributed by atoms with Gasteiger partial charge in [-0.25, -0.2) is 54.8 Å². The Kier molecular flexibility index (Phi) is 21.8. The third kappa shape index (κ3) is 16.9. The quantitative estimate of drug-likeness (QED) is 0.140. The molecule has 93 heavy (non-hydrogen) atoms. The second kappa shape index (κ2) is 31.0. The van der Waals surface area contributed by atoms with Crippen LogP contribution in [0.25, 0.3) is 65.8 Å². The van der Waals surface area contributed by atoms with E-state index in [-0.39, 0.29) is 0 Å². The van der Waals surface area contributed by atoms with E-state index >= 15 is 0 Å². The maximum absolute atomic E-state index is 5.36. The van der Waals surface area contributed by atoms with Crippen molar-refractivity contribution in [2.75, 3.05) is 31.2 Å².